The molecule has 2 aromatic rings. The Kier molecular flexibility index (Phi) is 7.87. The van der Waals surface area contributed by atoms with Crippen LogP contribution < -0.4 is 14.8 Å². The monoisotopic (exact) mass is 384 g/mol. The molecule has 150 valence electrons. The van der Waals surface area contributed by atoms with Gasteiger partial charge in [0, 0.05) is 30.4 Å². The second-order valence-corrected chi connectivity index (χ2v) is 6.39. The Morgan fingerprint density at radius 3 is 2.11 bits per heavy atom. The summed E-state index contributed by atoms with van der Waals surface area (Å²) < 4.78 is 10.4. The van der Waals surface area contributed by atoms with Crippen LogP contribution in [0.15, 0.2) is 42.5 Å². The minimum Gasteiger partial charge on any atom is -0.497 e. The van der Waals surface area contributed by atoms with Crippen molar-refractivity contribution in [2.75, 3.05) is 32.6 Å². The molecule has 0 spiro atoms. The molecule has 28 heavy (non-hydrogen) atoms. The van der Waals surface area contributed by atoms with E-state index in [4.69, 9.17) is 9.47 Å². The van der Waals surface area contributed by atoms with Gasteiger partial charge in [-0.25, -0.2) is 0 Å². The molecule has 0 heterocycles. The van der Waals surface area contributed by atoms with Gasteiger partial charge in [-0.2, -0.15) is 0 Å². The Morgan fingerprint density at radius 1 is 0.929 bits per heavy atom. The molecule has 1 N–H and O–H groups in total. The highest BCUT2D eigenvalue weighted by atomic mass is 16.5. The van der Waals surface area contributed by atoms with Crippen molar-refractivity contribution in [1.82, 2.24) is 4.90 Å². The Labute approximate surface area is 166 Å². The molecular weight excluding hydrogens is 356 g/mol. The number of methoxy groups -OCH3 is 2. The first kappa shape index (κ1) is 21.3. The number of hydrogen-bond donors (Lipinski definition) is 1. The summed E-state index contributed by atoms with van der Waals surface area (Å²) in [7, 11) is 3.06. The van der Waals surface area contributed by atoms with E-state index in [0.29, 0.717) is 28.3 Å². The summed E-state index contributed by atoms with van der Waals surface area (Å²) in [5.41, 5.74) is 1.62. The maximum atomic E-state index is 12.6. The van der Waals surface area contributed by atoms with E-state index in [-0.39, 0.29) is 11.8 Å². The molecule has 0 saturated carbocycles. The first-order valence-corrected chi connectivity index (χ1v) is 9.46. The number of nitrogens with zero attached hydrogens (tertiary/aromatic N) is 1. The van der Waals surface area contributed by atoms with E-state index in [1.165, 1.54) is 7.11 Å². The van der Waals surface area contributed by atoms with E-state index in [0.717, 1.165) is 25.9 Å². The number of anilines is 1. The Morgan fingerprint density at radius 2 is 1.57 bits per heavy atom. The number of carbonyl (C=O) groups is 2. The molecule has 0 aliphatic rings. The first-order chi connectivity index (χ1) is 13.5. The van der Waals surface area contributed by atoms with Crippen molar-refractivity contribution in [1.29, 1.82) is 0 Å². The van der Waals surface area contributed by atoms with Crippen LogP contribution in [0.1, 0.15) is 47.4 Å². The van der Waals surface area contributed by atoms with Crippen LogP contribution in [0.2, 0.25) is 0 Å². The van der Waals surface area contributed by atoms with Gasteiger partial charge in [0.05, 0.1) is 19.8 Å². The average Bonchev–Trinajstić information content (AvgIpc) is 2.73. The van der Waals surface area contributed by atoms with Gasteiger partial charge in [0.15, 0.2) is 0 Å². The minimum atomic E-state index is -0.294. The molecule has 2 amide bonds. The van der Waals surface area contributed by atoms with Crippen molar-refractivity contribution in [3.63, 3.8) is 0 Å². The number of ether oxygens (including phenoxy) is 2. The van der Waals surface area contributed by atoms with Gasteiger partial charge in [0.25, 0.3) is 11.8 Å². The van der Waals surface area contributed by atoms with E-state index >= 15 is 0 Å². The van der Waals surface area contributed by atoms with Gasteiger partial charge in [0.1, 0.15) is 11.5 Å². The van der Waals surface area contributed by atoms with Gasteiger partial charge in [0.2, 0.25) is 0 Å². The Hall–Kier alpha value is -3.02. The fourth-order valence-corrected chi connectivity index (χ4v) is 2.92. The third-order valence-corrected chi connectivity index (χ3v) is 4.32. The molecule has 0 aliphatic heterocycles. The number of rotatable bonds is 9. The zero-order valence-corrected chi connectivity index (χ0v) is 17.0. The van der Waals surface area contributed by atoms with E-state index in [1.807, 2.05) is 4.90 Å². The van der Waals surface area contributed by atoms with Gasteiger partial charge in [-0.3, -0.25) is 9.59 Å². The summed E-state index contributed by atoms with van der Waals surface area (Å²) in [4.78, 5) is 27.1. The quantitative estimate of drug-likeness (QED) is 0.703. The largest absolute Gasteiger partial charge is 0.497 e. The molecule has 2 rings (SSSR count). The normalized spacial score (nSPS) is 10.3. The third kappa shape index (κ3) is 5.25. The van der Waals surface area contributed by atoms with Crippen LogP contribution in [0.4, 0.5) is 5.69 Å². The molecule has 0 aliphatic carbocycles. The van der Waals surface area contributed by atoms with Crippen molar-refractivity contribution < 1.29 is 19.1 Å². The number of nitrogens with one attached hydrogen (secondary N) is 1. The molecule has 6 heteroatoms. The van der Waals surface area contributed by atoms with E-state index in [2.05, 4.69) is 19.2 Å². The lowest BCUT2D eigenvalue weighted by Gasteiger charge is -2.21. The highest BCUT2D eigenvalue weighted by molar-refractivity contribution is 6.06. The van der Waals surface area contributed by atoms with Crippen LogP contribution in [-0.4, -0.2) is 44.0 Å². The van der Waals surface area contributed by atoms with Gasteiger partial charge >= 0.3 is 0 Å². The minimum absolute atomic E-state index is 0.0124. The lowest BCUT2D eigenvalue weighted by molar-refractivity contribution is 0.0755. The van der Waals surface area contributed by atoms with Crippen LogP contribution >= 0.6 is 0 Å². The van der Waals surface area contributed by atoms with Crippen molar-refractivity contribution in [3.05, 3.63) is 53.6 Å². The van der Waals surface area contributed by atoms with Crippen molar-refractivity contribution in [3.8, 4) is 11.5 Å². The van der Waals surface area contributed by atoms with Crippen LogP contribution in [0.3, 0.4) is 0 Å². The molecule has 0 aromatic heterocycles. The molecule has 0 atom stereocenters. The van der Waals surface area contributed by atoms with Gasteiger partial charge < -0.3 is 19.7 Å². The summed E-state index contributed by atoms with van der Waals surface area (Å²) in [5.74, 6) is 0.758. The number of amides is 2. The predicted molar refractivity (Wildman–Crippen MR) is 110 cm³/mol. The van der Waals surface area contributed by atoms with Crippen LogP contribution in [0, 0.1) is 0 Å². The van der Waals surface area contributed by atoms with Crippen molar-refractivity contribution >= 4 is 17.5 Å². The van der Waals surface area contributed by atoms with Crippen LogP contribution in [0.5, 0.6) is 11.5 Å². The SMILES string of the molecule is CCCN(CCC)C(=O)c1ccc(NC(=O)c2ccc(OC)cc2OC)cc1. The number of carbonyl (C=O) groups excluding carboxylic acids is 2. The Balaban J connectivity index is 2.12. The molecular formula is C22H28N2O4. The van der Waals surface area contributed by atoms with Crippen molar-refractivity contribution in [2.24, 2.45) is 0 Å². The maximum Gasteiger partial charge on any atom is 0.259 e. The highest BCUT2D eigenvalue weighted by Gasteiger charge is 2.16. The zero-order valence-electron chi connectivity index (χ0n) is 17.0. The molecule has 2 aromatic carbocycles. The highest BCUT2D eigenvalue weighted by Crippen LogP contribution is 2.25. The zero-order chi connectivity index (χ0) is 20.5. The third-order valence-electron chi connectivity index (χ3n) is 4.32. The standard InChI is InChI=1S/C22H28N2O4/c1-5-13-24(14-6-2)22(26)16-7-9-17(10-8-16)23-21(25)19-12-11-18(27-3)15-20(19)28-4/h7-12,15H,5-6,13-14H2,1-4H3,(H,23,25). The van der Waals surface area contributed by atoms with Gasteiger partial charge in [-0.05, 0) is 49.2 Å². The predicted octanol–water partition coefficient (Wildman–Crippen LogP) is 4.22. The average molecular weight is 384 g/mol. The van der Waals surface area contributed by atoms with Crippen LogP contribution in [0.25, 0.3) is 0 Å². The number of benzene rings is 2. The topological polar surface area (TPSA) is 67.9 Å². The smallest absolute Gasteiger partial charge is 0.259 e. The molecule has 0 unspecified atom stereocenters. The molecule has 0 saturated heterocycles. The van der Waals surface area contributed by atoms with Gasteiger partial charge in [-0.15, -0.1) is 0 Å². The summed E-state index contributed by atoms with van der Waals surface area (Å²) in [6.45, 7) is 5.59. The maximum absolute atomic E-state index is 12.6. The fourth-order valence-electron chi connectivity index (χ4n) is 2.92. The van der Waals surface area contributed by atoms with Gasteiger partial charge in [-0.1, -0.05) is 13.8 Å². The molecule has 0 bridgehead atoms. The van der Waals surface area contributed by atoms with Crippen LogP contribution in [-0.2, 0) is 0 Å². The van der Waals surface area contributed by atoms with E-state index in [1.54, 1.807) is 49.6 Å². The number of hydrogen-bond acceptors (Lipinski definition) is 4. The second kappa shape index (κ2) is 10.3. The lowest BCUT2D eigenvalue weighted by Crippen LogP contribution is -2.32. The summed E-state index contributed by atoms with van der Waals surface area (Å²) in [6, 6.07) is 12.0. The lowest BCUT2D eigenvalue weighted by atomic mass is 10.1. The van der Waals surface area contributed by atoms with E-state index in [9.17, 15) is 9.59 Å². The first-order valence-electron chi connectivity index (χ1n) is 9.46. The second-order valence-electron chi connectivity index (χ2n) is 6.39. The summed E-state index contributed by atoms with van der Waals surface area (Å²) in [6.07, 6.45) is 1.84. The molecule has 6 nitrogen and oxygen atoms in total. The molecule has 0 radical (unpaired) electrons. The summed E-state index contributed by atoms with van der Waals surface area (Å²) in [5, 5.41) is 2.83. The Bertz CT molecular complexity index is 797. The van der Waals surface area contributed by atoms with E-state index < -0.39 is 0 Å². The fraction of sp³-hybridized carbons (Fsp3) is 0.364. The summed E-state index contributed by atoms with van der Waals surface area (Å²) >= 11 is 0. The molecule has 0 fully saturated rings. The van der Waals surface area contributed by atoms with Crippen molar-refractivity contribution in [2.45, 2.75) is 26.7 Å².